The first-order valence-electron chi connectivity index (χ1n) is 6.25. The number of methoxy groups -OCH3 is 2. The van der Waals surface area contributed by atoms with Gasteiger partial charge in [0.25, 0.3) is 0 Å². The Morgan fingerprint density at radius 1 is 1.21 bits per heavy atom. The van der Waals surface area contributed by atoms with Crippen LogP contribution < -0.4 is 14.8 Å². The third-order valence-electron chi connectivity index (χ3n) is 2.87. The Morgan fingerprint density at radius 2 is 2.00 bits per heavy atom. The second-order valence-electron chi connectivity index (χ2n) is 4.09. The molecule has 5 nitrogen and oxygen atoms in total. The molecule has 5 heteroatoms. The highest BCUT2D eigenvalue weighted by molar-refractivity contribution is 5.63. The maximum Gasteiger partial charge on any atom is 0.161 e. The van der Waals surface area contributed by atoms with E-state index in [4.69, 9.17) is 9.47 Å². The van der Waals surface area contributed by atoms with E-state index in [1.54, 1.807) is 14.2 Å². The van der Waals surface area contributed by atoms with Crippen molar-refractivity contribution in [2.24, 2.45) is 0 Å². The molecule has 0 atom stereocenters. The first-order valence-corrected chi connectivity index (χ1v) is 6.25. The topological polar surface area (TPSA) is 59.2 Å². The molecule has 0 aliphatic heterocycles. The van der Waals surface area contributed by atoms with E-state index < -0.39 is 0 Å². The normalized spacial score (nSPS) is 10.5. The van der Waals surface area contributed by atoms with Gasteiger partial charge in [0, 0.05) is 5.56 Å². The molecule has 0 spiro atoms. The quantitative estimate of drug-likeness (QED) is 0.837. The van der Waals surface area contributed by atoms with Gasteiger partial charge in [-0.2, -0.15) is 0 Å². The van der Waals surface area contributed by atoms with Crippen LogP contribution in [0, 0.1) is 0 Å². The smallest absolute Gasteiger partial charge is 0.161 e. The standard InChI is InChI=1S/C14H19N3O2/c1-4-15-9-14-16-8-11(17-14)10-5-6-12(18-2)13(7-10)19-3/h5-8,15H,4,9H2,1-3H3,(H,16,17). The fourth-order valence-electron chi connectivity index (χ4n) is 1.85. The van der Waals surface area contributed by atoms with Gasteiger partial charge in [-0.1, -0.05) is 6.92 Å². The number of imidazole rings is 1. The van der Waals surface area contributed by atoms with Gasteiger partial charge in [0.1, 0.15) is 5.82 Å². The van der Waals surface area contributed by atoms with Crippen LogP contribution in [0.3, 0.4) is 0 Å². The molecule has 1 aromatic carbocycles. The molecule has 0 amide bonds. The Bertz CT molecular complexity index is 537. The van der Waals surface area contributed by atoms with Crippen molar-refractivity contribution in [3.8, 4) is 22.8 Å². The van der Waals surface area contributed by atoms with Gasteiger partial charge in [-0.05, 0) is 24.7 Å². The van der Waals surface area contributed by atoms with Crippen molar-refractivity contribution < 1.29 is 9.47 Å². The lowest BCUT2D eigenvalue weighted by molar-refractivity contribution is 0.355. The number of rotatable bonds is 6. The van der Waals surface area contributed by atoms with Crippen molar-refractivity contribution in [3.63, 3.8) is 0 Å². The number of hydrogen-bond donors (Lipinski definition) is 2. The van der Waals surface area contributed by atoms with Crippen molar-refractivity contribution in [2.45, 2.75) is 13.5 Å². The van der Waals surface area contributed by atoms with Crippen LogP contribution in [0.2, 0.25) is 0 Å². The lowest BCUT2D eigenvalue weighted by Crippen LogP contribution is -2.12. The van der Waals surface area contributed by atoms with Crippen LogP contribution in [-0.4, -0.2) is 30.7 Å². The summed E-state index contributed by atoms with van der Waals surface area (Å²) in [5.74, 6) is 2.35. The summed E-state index contributed by atoms with van der Waals surface area (Å²) >= 11 is 0. The lowest BCUT2D eigenvalue weighted by atomic mass is 10.1. The van der Waals surface area contributed by atoms with Gasteiger partial charge in [0.2, 0.25) is 0 Å². The molecule has 0 fully saturated rings. The highest BCUT2D eigenvalue weighted by Crippen LogP contribution is 2.31. The van der Waals surface area contributed by atoms with Crippen molar-refractivity contribution in [1.82, 2.24) is 15.3 Å². The van der Waals surface area contributed by atoms with Crippen molar-refractivity contribution in [1.29, 1.82) is 0 Å². The number of benzene rings is 1. The highest BCUT2D eigenvalue weighted by atomic mass is 16.5. The number of nitrogens with zero attached hydrogens (tertiary/aromatic N) is 1. The van der Waals surface area contributed by atoms with Gasteiger partial charge in [-0.15, -0.1) is 0 Å². The molecule has 1 heterocycles. The number of H-pyrrole nitrogens is 1. The van der Waals surface area contributed by atoms with Crippen LogP contribution in [0.15, 0.2) is 24.4 Å². The van der Waals surface area contributed by atoms with E-state index in [1.807, 2.05) is 24.4 Å². The maximum atomic E-state index is 5.30. The Morgan fingerprint density at radius 3 is 2.68 bits per heavy atom. The van der Waals surface area contributed by atoms with Crippen LogP contribution in [0.4, 0.5) is 0 Å². The Kier molecular flexibility index (Phi) is 4.41. The maximum absolute atomic E-state index is 5.30. The summed E-state index contributed by atoms with van der Waals surface area (Å²) < 4.78 is 10.5. The van der Waals surface area contributed by atoms with Gasteiger partial charge in [-0.25, -0.2) is 4.98 Å². The van der Waals surface area contributed by atoms with Gasteiger partial charge in [0.15, 0.2) is 11.5 Å². The highest BCUT2D eigenvalue weighted by Gasteiger charge is 2.08. The van der Waals surface area contributed by atoms with Gasteiger partial charge in [0.05, 0.1) is 32.7 Å². The zero-order chi connectivity index (χ0) is 13.7. The molecule has 19 heavy (non-hydrogen) atoms. The number of aromatic nitrogens is 2. The molecular weight excluding hydrogens is 242 g/mol. The van der Waals surface area contributed by atoms with E-state index in [1.165, 1.54) is 0 Å². The van der Waals surface area contributed by atoms with E-state index in [2.05, 4.69) is 22.2 Å². The van der Waals surface area contributed by atoms with E-state index in [9.17, 15) is 0 Å². The molecule has 0 unspecified atom stereocenters. The van der Waals surface area contributed by atoms with Crippen LogP contribution in [0.5, 0.6) is 11.5 Å². The molecular formula is C14H19N3O2. The van der Waals surface area contributed by atoms with E-state index in [0.717, 1.165) is 35.9 Å². The molecule has 0 saturated carbocycles. The molecule has 0 bridgehead atoms. The average molecular weight is 261 g/mol. The summed E-state index contributed by atoms with van der Waals surface area (Å²) in [7, 11) is 3.26. The molecule has 0 aliphatic carbocycles. The summed E-state index contributed by atoms with van der Waals surface area (Å²) in [5, 5.41) is 3.23. The SMILES string of the molecule is CCNCc1ncc(-c2ccc(OC)c(OC)c2)[nH]1. The summed E-state index contributed by atoms with van der Waals surface area (Å²) in [4.78, 5) is 7.62. The first-order chi connectivity index (χ1) is 9.28. The first kappa shape index (κ1) is 13.4. The molecule has 0 radical (unpaired) electrons. The van der Waals surface area contributed by atoms with Crippen LogP contribution in [0.25, 0.3) is 11.3 Å². The predicted octanol–water partition coefficient (Wildman–Crippen LogP) is 2.20. The largest absolute Gasteiger partial charge is 0.493 e. The number of nitrogens with one attached hydrogen (secondary N) is 2. The molecule has 2 rings (SSSR count). The molecule has 0 saturated heterocycles. The third-order valence-corrected chi connectivity index (χ3v) is 2.87. The van der Waals surface area contributed by atoms with E-state index >= 15 is 0 Å². The molecule has 102 valence electrons. The minimum Gasteiger partial charge on any atom is -0.493 e. The lowest BCUT2D eigenvalue weighted by Gasteiger charge is -2.08. The summed E-state index contributed by atoms with van der Waals surface area (Å²) in [6.07, 6.45) is 1.83. The van der Waals surface area contributed by atoms with Crippen molar-refractivity contribution in [3.05, 3.63) is 30.2 Å². The van der Waals surface area contributed by atoms with Crippen molar-refractivity contribution >= 4 is 0 Å². The molecule has 1 aromatic heterocycles. The Balaban J connectivity index is 2.23. The minimum atomic E-state index is 0.711. The number of hydrogen-bond acceptors (Lipinski definition) is 4. The third kappa shape index (κ3) is 3.06. The van der Waals surface area contributed by atoms with Gasteiger partial charge in [-0.3, -0.25) is 0 Å². The second-order valence-corrected chi connectivity index (χ2v) is 4.09. The predicted molar refractivity (Wildman–Crippen MR) is 74.5 cm³/mol. The fourth-order valence-corrected chi connectivity index (χ4v) is 1.85. The zero-order valence-corrected chi connectivity index (χ0v) is 11.5. The fraction of sp³-hybridized carbons (Fsp3) is 0.357. The van der Waals surface area contributed by atoms with E-state index in [-0.39, 0.29) is 0 Å². The average Bonchev–Trinajstić information content (AvgIpc) is 2.93. The summed E-state index contributed by atoms with van der Waals surface area (Å²) in [6, 6.07) is 5.80. The minimum absolute atomic E-state index is 0.711. The van der Waals surface area contributed by atoms with Crippen LogP contribution in [-0.2, 0) is 6.54 Å². The Hall–Kier alpha value is -2.01. The molecule has 0 aliphatic rings. The molecule has 2 N–H and O–H groups in total. The van der Waals surface area contributed by atoms with Gasteiger partial charge >= 0.3 is 0 Å². The monoisotopic (exact) mass is 261 g/mol. The Labute approximate surface area is 113 Å². The van der Waals surface area contributed by atoms with Gasteiger partial charge < -0.3 is 19.8 Å². The van der Waals surface area contributed by atoms with Crippen molar-refractivity contribution in [2.75, 3.05) is 20.8 Å². The summed E-state index contributed by atoms with van der Waals surface area (Å²) in [6.45, 7) is 3.73. The second kappa shape index (κ2) is 6.24. The number of aromatic amines is 1. The van der Waals surface area contributed by atoms with E-state index in [0.29, 0.717) is 5.75 Å². The van der Waals surface area contributed by atoms with Crippen LogP contribution in [0.1, 0.15) is 12.7 Å². The zero-order valence-electron chi connectivity index (χ0n) is 11.5. The molecule has 2 aromatic rings. The number of ether oxygens (including phenoxy) is 2. The summed E-state index contributed by atoms with van der Waals surface area (Å²) in [5.41, 5.74) is 1.99. The van der Waals surface area contributed by atoms with Crippen LogP contribution >= 0.6 is 0 Å².